The Morgan fingerprint density at radius 3 is 2.73 bits per heavy atom. The van der Waals surface area contributed by atoms with Crippen molar-refractivity contribution in [3.05, 3.63) is 76.0 Å². The maximum atomic E-state index is 12.1. The molecule has 1 atom stereocenters. The molecule has 6 heteroatoms. The van der Waals surface area contributed by atoms with E-state index in [0.29, 0.717) is 28.1 Å². The summed E-state index contributed by atoms with van der Waals surface area (Å²) in [6.07, 6.45) is 0. The first-order valence-corrected chi connectivity index (χ1v) is 8.99. The molecule has 0 amide bonds. The van der Waals surface area contributed by atoms with Gasteiger partial charge in [-0.2, -0.15) is 0 Å². The second kappa shape index (κ2) is 7.89. The molecule has 2 aromatic rings. The number of rotatable bonds is 5. The van der Waals surface area contributed by atoms with Gasteiger partial charge in [-0.05, 0) is 61.5 Å². The molecule has 134 valence electrons. The van der Waals surface area contributed by atoms with Gasteiger partial charge < -0.3 is 15.4 Å². The molecule has 1 unspecified atom stereocenters. The SMILES string of the molecule is CC(=O)C1=C(C)NC(=S)NC1c1cccc(OCc2cccc(Cl)c2)c1. The van der Waals surface area contributed by atoms with Gasteiger partial charge >= 0.3 is 0 Å². The molecule has 0 aliphatic carbocycles. The third kappa shape index (κ3) is 4.23. The van der Waals surface area contributed by atoms with Crippen molar-refractivity contribution in [2.75, 3.05) is 0 Å². The molecule has 3 rings (SSSR count). The van der Waals surface area contributed by atoms with Gasteiger partial charge in [0.25, 0.3) is 0 Å². The third-order valence-corrected chi connectivity index (χ3v) is 4.59. The number of Topliss-reactive ketones (excluding diaryl/α,β-unsaturated/α-hetero) is 1. The van der Waals surface area contributed by atoms with Gasteiger partial charge in [0.15, 0.2) is 10.9 Å². The highest BCUT2D eigenvalue weighted by Gasteiger charge is 2.27. The lowest BCUT2D eigenvalue weighted by Gasteiger charge is -2.30. The summed E-state index contributed by atoms with van der Waals surface area (Å²) in [6.45, 7) is 3.83. The van der Waals surface area contributed by atoms with Gasteiger partial charge in [0.05, 0.1) is 6.04 Å². The van der Waals surface area contributed by atoms with Gasteiger partial charge in [0, 0.05) is 16.3 Å². The normalized spacial score (nSPS) is 16.7. The number of benzene rings is 2. The van der Waals surface area contributed by atoms with Crippen molar-refractivity contribution in [2.45, 2.75) is 26.5 Å². The van der Waals surface area contributed by atoms with Crippen LogP contribution in [0.15, 0.2) is 59.8 Å². The number of hydrogen-bond acceptors (Lipinski definition) is 3. The molecular formula is C20H19ClN2O2S. The number of carbonyl (C=O) groups is 1. The maximum Gasteiger partial charge on any atom is 0.171 e. The van der Waals surface area contributed by atoms with E-state index in [4.69, 9.17) is 28.6 Å². The fourth-order valence-electron chi connectivity index (χ4n) is 2.99. The number of allylic oxidation sites excluding steroid dienone is 1. The minimum atomic E-state index is -0.295. The first kappa shape index (κ1) is 18.4. The van der Waals surface area contributed by atoms with E-state index >= 15 is 0 Å². The average Bonchev–Trinajstić information content (AvgIpc) is 2.59. The first-order valence-electron chi connectivity index (χ1n) is 8.20. The molecule has 2 aromatic carbocycles. The van der Waals surface area contributed by atoms with Crippen molar-refractivity contribution in [2.24, 2.45) is 0 Å². The van der Waals surface area contributed by atoms with Crippen LogP contribution in [0.2, 0.25) is 5.02 Å². The van der Waals surface area contributed by atoms with Crippen LogP contribution < -0.4 is 15.4 Å². The predicted molar refractivity (Wildman–Crippen MR) is 107 cm³/mol. The molecule has 1 aliphatic rings. The summed E-state index contributed by atoms with van der Waals surface area (Å²) < 4.78 is 5.89. The van der Waals surface area contributed by atoms with Crippen LogP contribution >= 0.6 is 23.8 Å². The fraction of sp³-hybridized carbons (Fsp3) is 0.200. The number of ether oxygens (including phenoxy) is 1. The Morgan fingerprint density at radius 2 is 2.00 bits per heavy atom. The molecule has 26 heavy (non-hydrogen) atoms. The first-order chi connectivity index (χ1) is 12.4. The number of carbonyl (C=O) groups excluding carboxylic acids is 1. The van der Waals surface area contributed by atoms with Crippen LogP contribution in [0.25, 0.3) is 0 Å². The summed E-state index contributed by atoms with van der Waals surface area (Å²) in [5.74, 6) is 0.717. The van der Waals surface area contributed by atoms with Gasteiger partial charge in [0.1, 0.15) is 12.4 Å². The van der Waals surface area contributed by atoms with E-state index in [-0.39, 0.29) is 11.8 Å². The summed E-state index contributed by atoms with van der Waals surface area (Å²) in [6, 6.07) is 14.9. The molecule has 0 radical (unpaired) electrons. The van der Waals surface area contributed by atoms with Crippen LogP contribution in [0.5, 0.6) is 5.75 Å². The quantitative estimate of drug-likeness (QED) is 0.750. The number of hydrogen-bond donors (Lipinski definition) is 2. The van der Waals surface area contributed by atoms with Crippen molar-refractivity contribution < 1.29 is 9.53 Å². The summed E-state index contributed by atoms with van der Waals surface area (Å²) in [5, 5.41) is 7.37. The lowest BCUT2D eigenvalue weighted by atomic mass is 9.93. The summed E-state index contributed by atoms with van der Waals surface area (Å²) >= 11 is 11.3. The molecule has 0 bridgehead atoms. The minimum absolute atomic E-state index is 0.000230. The number of nitrogens with one attached hydrogen (secondary N) is 2. The zero-order valence-corrected chi connectivity index (χ0v) is 16.1. The Hall–Kier alpha value is -2.37. The highest BCUT2D eigenvalue weighted by Crippen LogP contribution is 2.29. The van der Waals surface area contributed by atoms with Crippen LogP contribution in [0.3, 0.4) is 0 Å². The summed E-state index contributed by atoms with van der Waals surface area (Å²) in [5.41, 5.74) is 3.35. The molecule has 4 nitrogen and oxygen atoms in total. The average molecular weight is 387 g/mol. The lowest BCUT2D eigenvalue weighted by Crippen LogP contribution is -2.44. The number of ketones is 1. The monoisotopic (exact) mass is 386 g/mol. The van der Waals surface area contributed by atoms with Gasteiger partial charge in [-0.1, -0.05) is 35.9 Å². The summed E-state index contributed by atoms with van der Waals surface area (Å²) in [7, 11) is 0. The molecule has 2 N–H and O–H groups in total. The van der Waals surface area contributed by atoms with Crippen LogP contribution in [0.4, 0.5) is 0 Å². The van der Waals surface area contributed by atoms with E-state index in [0.717, 1.165) is 16.8 Å². The smallest absolute Gasteiger partial charge is 0.171 e. The summed E-state index contributed by atoms with van der Waals surface area (Å²) in [4.78, 5) is 12.1. The topological polar surface area (TPSA) is 50.4 Å². The largest absolute Gasteiger partial charge is 0.489 e. The van der Waals surface area contributed by atoms with Crippen LogP contribution in [-0.2, 0) is 11.4 Å². The van der Waals surface area contributed by atoms with E-state index in [9.17, 15) is 4.79 Å². The third-order valence-electron chi connectivity index (χ3n) is 4.13. The Kier molecular flexibility index (Phi) is 5.59. The number of halogens is 1. The van der Waals surface area contributed by atoms with Crippen molar-refractivity contribution in [3.63, 3.8) is 0 Å². The van der Waals surface area contributed by atoms with Crippen molar-refractivity contribution in [1.82, 2.24) is 10.6 Å². The standard InChI is InChI=1S/C20H19ClN2O2S/c1-12-18(13(2)24)19(23-20(26)22-12)15-6-4-8-17(10-15)25-11-14-5-3-7-16(21)9-14/h3-10,19H,11H2,1-2H3,(H2,22,23,26). The van der Waals surface area contributed by atoms with Gasteiger partial charge in [-0.15, -0.1) is 0 Å². The fourth-order valence-corrected chi connectivity index (χ4v) is 3.47. The maximum absolute atomic E-state index is 12.1. The molecule has 0 aromatic heterocycles. The van der Waals surface area contributed by atoms with Crippen LogP contribution in [0, 0.1) is 0 Å². The van der Waals surface area contributed by atoms with Crippen LogP contribution in [-0.4, -0.2) is 10.9 Å². The zero-order chi connectivity index (χ0) is 18.7. The Balaban J connectivity index is 1.83. The van der Waals surface area contributed by atoms with Crippen molar-refractivity contribution in [1.29, 1.82) is 0 Å². The van der Waals surface area contributed by atoms with Gasteiger partial charge in [-0.3, -0.25) is 4.79 Å². The highest BCUT2D eigenvalue weighted by atomic mass is 35.5. The Bertz CT molecular complexity index is 895. The predicted octanol–water partition coefficient (Wildman–Crippen LogP) is 4.30. The zero-order valence-electron chi connectivity index (χ0n) is 14.5. The van der Waals surface area contributed by atoms with Gasteiger partial charge in [0.2, 0.25) is 0 Å². The second-order valence-electron chi connectivity index (χ2n) is 6.12. The van der Waals surface area contributed by atoms with E-state index < -0.39 is 0 Å². The van der Waals surface area contributed by atoms with Crippen LogP contribution in [0.1, 0.15) is 31.0 Å². The van der Waals surface area contributed by atoms with Crippen molar-refractivity contribution in [3.8, 4) is 5.75 Å². The van der Waals surface area contributed by atoms with Gasteiger partial charge in [-0.25, -0.2) is 0 Å². The minimum Gasteiger partial charge on any atom is -0.489 e. The van der Waals surface area contributed by atoms with E-state index in [1.54, 1.807) is 6.92 Å². The van der Waals surface area contributed by atoms with E-state index in [2.05, 4.69) is 10.6 Å². The molecule has 0 saturated heterocycles. The second-order valence-corrected chi connectivity index (χ2v) is 6.96. The molecule has 0 spiro atoms. The highest BCUT2D eigenvalue weighted by molar-refractivity contribution is 7.80. The molecule has 0 saturated carbocycles. The number of thiocarbonyl (C=S) groups is 1. The van der Waals surface area contributed by atoms with Crippen molar-refractivity contribution >= 4 is 34.7 Å². The van der Waals surface area contributed by atoms with E-state index in [1.165, 1.54) is 0 Å². The molecular weight excluding hydrogens is 368 g/mol. The Labute approximate surface area is 163 Å². The molecule has 0 fully saturated rings. The Morgan fingerprint density at radius 1 is 1.23 bits per heavy atom. The lowest BCUT2D eigenvalue weighted by molar-refractivity contribution is -0.114. The molecule has 1 heterocycles. The van der Waals surface area contributed by atoms with E-state index in [1.807, 2.05) is 55.5 Å². The molecule has 1 aliphatic heterocycles.